The second-order valence-electron chi connectivity index (χ2n) is 7.16. The lowest BCUT2D eigenvalue weighted by atomic mass is 10.2. The highest BCUT2D eigenvalue weighted by Gasteiger charge is 2.29. The largest absolute Gasteiger partial charge is 0.497 e. The van der Waals surface area contributed by atoms with Gasteiger partial charge in [-0.3, -0.25) is 4.90 Å². The lowest BCUT2D eigenvalue weighted by Gasteiger charge is -2.33. The first-order valence-corrected chi connectivity index (χ1v) is 11.9. The zero-order valence-corrected chi connectivity index (χ0v) is 18.4. The Balaban J connectivity index is 1.37. The van der Waals surface area contributed by atoms with Gasteiger partial charge in [-0.25, -0.2) is 22.2 Å². The zero-order valence-electron chi connectivity index (χ0n) is 16.8. The topological polar surface area (TPSA) is 62.7 Å². The summed E-state index contributed by atoms with van der Waals surface area (Å²) >= 11 is 1.55. The van der Waals surface area contributed by atoms with Gasteiger partial charge in [0.25, 0.3) is 0 Å². The first-order chi connectivity index (χ1) is 14.8. The molecule has 2 heterocycles. The van der Waals surface area contributed by atoms with Gasteiger partial charge in [0.05, 0.1) is 17.7 Å². The van der Waals surface area contributed by atoms with Crippen LogP contribution in [0.2, 0.25) is 0 Å². The molecule has 1 aromatic heterocycles. The molecule has 31 heavy (non-hydrogen) atoms. The number of piperazine rings is 1. The van der Waals surface area contributed by atoms with E-state index in [9.17, 15) is 17.2 Å². The van der Waals surface area contributed by atoms with E-state index in [0.29, 0.717) is 25.7 Å². The molecule has 0 atom stereocenters. The van der Waals surface area contributed by atoms with Gasteiger partial charge in [0.15, 0.2) is 0 Å². The Morgan fingerprint density at radius 2 is 1.68 bits per heavy atom. The minimum Gasteiger partial charge on any atom is -0.497 e. The molecule has 0 amide bonds. The quantitative estimate of drug-likeness (QED) is 0.557. The number of benzene rings is 2. The lowest BCUT2D eigenvalue weighted by Crippen LogP contribution is -2.48. The van der Waals surface area contributed by atoms with E-state index in [0.717, 1.165) is 34.1 Å². The minimum absolute atomic E-state index is 0.246. The number of hydrogen-bond acceptors (Lipinski definition) is 6. The molecule has 164 valence electrons. The molecule has 1 aliphatic rings. The van der Waals surface area contributed by atoms with E-state index in [4.69, 9.17) is 4.74 Å². The summed E-state index contributed by atoms with van der Waals surface area (Å²) in [6.07, 6.45) is 0. The van der Waals surface area contributed by atoms with Gasteiger partial charge in [-0.15, -0.1) is 11.3 Å². The Hall–Kier alpha value is -2.40. The van der Waals surface area contributed by atoms with Crippen LogP contribution in [-0.4, -0.2) is 55.9 Å². The molecule has 0 saturated carbocycles. The van der Waals surface area contributed by atoms with Gasteiger partial charge in [-0.05, 0) is 36.4 Å². The number of nitrogens with zero attached hydrogens (tertiary/aromatic N) is 3. The van der Waals surface area contributed by atoms with E-state index >= 15 is 0 Å². The molecule has 1 saturated heterocycles. The molecule has 1 aliphatic heterocycles. The van der Waals surface area contributed by atoms with Gasteiger partial charge in [-0.1, -0.05) is 0 Å². The summed E-state index contributed by atoms with van der Waals surface area (Å²) < 4.78 is 58.8. The smallest absolute Gasteiger partial charge is 0.243 e. The number of sulfonamides is 1. The number of rotatable bonds is 6. The van der Waals surface area contributed by atoms with Gasteiger partial charge in [0.1, 0.15) is 22.4 Å². The third-order valence-electron chi connectivity index (χ3n) is 5.08. The fourth-order valence-electron chi connectivity index (χ4n) is 3.43. The predicted octanol–water partition coefficient (Wildman–Crippen LogP) is 3.60. The molecule has 1 fully saturated rings. The van der Waals surface area contributed by atoms with Crippen LogP contribution in [0.4, 0.5) is 8.78 Å². The fourth-order valence-corrected chi connectivity index (χ4v) is 5.71. The molecule has 10 heteroatoms. The van der Waals surface area contributed by atoms with E-state index in [1.165, 1.54) is 4.31 Å². The van der Waals surface area contributed by atoms with Crippen LogP contribution < -0.4 is 4.74 Å². The Morgan fingerprint density at radius 1 is 1.03 bits per heavy atom. The normalized spacial score (nSPS) is 15.8. The summed E-state index contributed by atoms with van der Waals surface area (Å²) in [5.74, 6) is -1.03. The maximum atomic E-state index is 13.4. The molecule has 2 aromatic carbocycles. The van der Waals surface area contributed by atoms with Crippen LogP contribution in [0.3, 0.4) is 0 Å². The fraction of sp³-hybridized carbons (Fsp3) is 0.286. The average molecular weight is 466 g/mol. The highest BCUT2D eigenvalue weighted by Crippen LogP contribution is 2.27. The second-order valence-corrected chi connectivity index (χ2v) is 9.95. The van der Waals surface area contributed by atoms with Gasteiger partial charge in [-0.2, -0.15) is 4.31 Å². The van der Waals surface area contributed by atoms with Crippen LogP contribution in [0, 0.1) is 11.6 Å². The number of halogens is 2. The summed E-state index contributed by atoms with van der Waals surface area (Å²) in [5.41, 5.74) is 1.93. The number of ether oxygens (including phenoxy) is 1. The molecule has 6 nitrogen and oxygen atoms in total. The summed E-state index contributed by atoms with van der Waals surface area (Å²) in [4.78, 5) is 6.44. The molecule has 4 rings (SSSR count). The first kappa shape index (κ1) is 21.8. The van der Waals surface area contributed by atoms with Gasteiger partial charge in [0.2, 0.25) is 10.0 Å². The van der Waals surface area contributed by atoms with E-state index in [-0.39, 0.29) is 18.0 Å². The van der Waals surface area contributed by atoms with Gasteiger partial charge >= 0.3 is 0 Å². The summed E-state index contributed by atoms with van der Waals surface area (Å²) in [6, 6.07) is 10.0. The SMILES string of the molecule is COc1ccc(-c2nc(CN3CCN(S(=O)(=O)c4cc(F)cc(F)c4)CC3)cs2)cc1. The van der Waals surface area contributed by atoms with E-state index in [1.807, 2.05) is 29.6 Å². The van der Waals surface area contributed by atoms with Crippen molar-refractivity contribution < 1.29 is 21.9 Å². The first-order valence-electron chi connectivity index (χ1n) is 9.62. The van der Waals surface area contributed by atoms with E-state index in [2.05, 4.69) is 9.88 Å². The molecule has 0 N–H and O–H groups in total. The number of aromatic nitrogens is 1. The Kier molecular flexibility index (Phi) is 6.33. The van der Waals surface area contributed by atoms with Crippen molar-refractivity contribution in [2.24, 2.45) is 0 Å². The van der Waals surface area contributed by atoms with Gasteiger partial charge < -0.3 is 4.74 Å². The molecular weight excluding hydrogens is 444 g/mol. The van der Waals surface area contributed by atoms with Crippen molar-refractivity contribution >= 4 is 21.4 Å². The molecular formula is C21H21F2N3O3S2. The van der Waals surface area contributed by atoms with Crippen molar-refractivity contribution in [3.8, 4) is 16.3 Å². The summed E-state index contributed by atoms with van der Waals surface area (Å²) in [6.45, 7) is 2.11. The third kappa shape index (κ3) is 4.93. The van der Waals surface area contributed by atoms with Crippen molar-refractivity contribution in [3.63, 3.8) is 0 Å². The number of thiazole rings is 1. The van der Waals surface area contributed by atoms with Crippen LogP contribution in [0.25, 0.3) is 10.6 Å². The van der Waals surface area contributed by atoms with Crippen LogP contribution in [-0.2, 0) is 16.6 Å². The van der Waals surface area contributed by atoms with Crippen molar-refractivity contribution in [1.82, 2.24) is 14.2 Å². The minimum atomic E-state index is -3.94. The molecule has 0 bridgehead atoms. The highest BCUT2D eigenvalue weighted by atomic mass is 32.2. The van der Waals surface area contributed by atoms with Crippen LogP contribution in [0.15, 0.2) is 52.7 Å². The average Bonchev–Trinajstić information content (AvgIpc) is 3.22. The van der Waals surface area contributed by atoms with Crippen molar-refractivity contribution in [2.45, 2.75) is 11.4 Å². The van der Waals surface area contributed by atoms with Crippen molar-refractivity contribution in [3.05, 3.63) is 65.2 Å². The van der Waals surface area contributed by atoms with Crippen LogP contribution >= 0.6 is 11.3 Å². The maximum absolute atomic E-state index is 13.4. The molecule has 0 aliphatic carbocycles. The molecule has 0 unspecified atom stereocenters. The third-order valence-corrected chi connectivity index (χ3v) is 7.90. The summed E-state index contributed by atoms with van der Waals surface area (Å²) in [7, 11) is -2.32. The maximum Gasteiger partial charge on any atom is 0.243 e. The van der Waals surface area contributed by atoms with Crippen LogP contribution in [0.1, 0.15) is 5.69 Å². The van der Waals surface area contributed by atoms with Gasteiger partial charge in [0, 0.05) is 49.7 Å². The van der Waals surface area contributed by atoms with Crippen molar-refractivity contribution in [1.29, 1.82) is 0 Å². The number of hydrogen-bond donors (Lipinski definition) is 0. The summed E-state index contributed by atoms with van der Waals surface area (Å²) in [5, 5.41) is 2.91. The van der Waals surface area contributed by atoms with Crippen molar-refractivity contribution in [2.75, 3.05) is 33.3 Å². The van der Waals surface area contributed by atoms with Crippen LogP contribution in [0.5, 0.6) is 5.75 Å². The Morgan fingerprint density at radius 3 is 2.29 bits per heavy atom. The Labute approximate surface area is 183 Å². The second kappa shape index (κ2) is 8.99. The Bertz CT molecular complexity index is 1140. The van der Waals surface area contributed by atoms with E-state index < -0.39 is 21.7 Å². The number of methoxy groups -OCH3 is 1. The highest BCUT2D eigenvalue weighted by molar-refractivity contribution is 7.89. The zero-order chi connectivity index (χ0) is 22.0. The molecule has 0 radical (unpaired) electrons. The lowest BCUT2D eigenvalue weighted by molar-refractivity contribution is 0.180. The molecule has 3 aromatic rings. The van der Waals surface area contributed by atoms with E-state index in [1.54, 1.807) is 18.4 Å². The predicted molar refractivity (Wildman–Crippen MR) is 114 cm³/mol. The standard InChI is InChI=1S/C21H21F2N3O3S2/c1-29-19-4-2-15(3-5-19)21-24-18(14-30-21)13-25-6-8-26(9-7-25)31(27,28)20-11-16(22)10-17(23)12-20/h2-5,10-12,14H,6-9,13H2,1H3. The molecule has 0 spiro atoms. The monoisotopic (exact) mass is 465 g/mol.